The molecule has 0 amide bonds. The number of rotatable bonds is 4. The number of anilines is 2. The van der Waals surface area contributed by atoms with Crippen molar-refractivity contribution >= 4 is 22.3 Å². The first-order valence-electron chi connectivity index (χ1n) is 8.28. The zero-order valence-corrected chi connectivity index (χ0v) is 14.0. The lowest BCUT2D eigenvalue weighted by Gasteiger charge is -2.14. The van der Waals surface area contributed by atoms with E-state index in [1.54, 1.807) is 6.07 Å². The van der Waals surface area contributed by atoms with Gasteiger partial charge in [-0.2, -0.15) is 0 Å². The Hall–Kier alpha value is -3.41. The van der Waals surface area contributed by atoms with E-state index < -0.39 is 6.36 Å². The Labute approximate surface area is 153 Å². The highest BCUT2D eigenvalue weighted by atomic mass is 19.4. The van der Waals surface area contributed by atoms with Crippen molar-refractivity contribution in [2.45, 2.75) is 6.36 Å². The van der Waals surface area contributed by atoms with Crippen molar-refractivity contribution in [2.24, 2.45) is 0 Å². The molecule has 0 unspecified atom stereocenters. The van der Waals surface area contributed by atoms with Gasteiger partial charge >= 0.3 is 6.36 Å². The van der Waals surface area contributed by atoms with Crippen LogP contribution in [-0.4, -0.2) is 11.3 Å². The van der Waals surface area contributed by atoms with Crippen molar-refractivity contribution < 1.29 is 17.9 Å². The number of hydrogen-bond donors (Lipinski definition) is 2. The number of fused-ring (bicyclic) bond motifs is 1. The molecule has 6 heteroatoms. The van der Waals surface area contributed by atoms with E-state index >= 15 is 0 Å². The predicted molar refractivity (Wildman–Crippen MR) is 100 cm³/mol. The van der Waals surface area contributed by atoms with Gasteiger partial charge in [-0.3, -0.25) is 0 Å². The predicted octanol–water partition coefficient (Wildman–Crippen LogP) is 6.48. The van der Waals surface area contributed by atoms with Crippen LogP contribution in [0.15, 0.2) is 79.0 Å². The van der Waals surface area contributed by atoms with Crippen LogP contribution in [0.4, 0.5) is 24.5 Å². The van der Waals surface area contributed by atoms with Gasteiger partial charge in [-0.15, -0.1) is 13.2 Å². The maximum Gasteiger partial charge on any atom is 0.573 e. The first kappa shape index (κ1) is 17.0. The minimum Gasteiger partial charge on any atom is -0.406 e. The number of H-pyrrole nitrogens is 1. The molecular formula is C21H15F3N2O. The highest BCUT2D eigenvalue weighted by Crippen LogP contribution is 2.35. The summed E-state index contributed by atoms with van der Waals surface area (Å²) in [5.74, 6) is -0.267. The second-order valence-electron chi connectivity index (χ2n) is 5.99. The second-order valence-corrected chi connectivity index (χ2v) is 5.99. The lowest BCUT2D eigenvalue weighted by atomic mass is 10.0. The van der Waals surface area contributed by atoms with Crippen molar-refractivity contribution in [2.75, 3.05) is 5.32 Å². The summed E-state index contributed by atoms with van der Waals surface area (Å²) in [5, 5.41) is 4.26. The molecule has 1 aromatic heterocycles. The molecule has 136 valence electrons. The third kappa shape index (κ3) is 3.74. The topological polar surface area (TPSA) is 37.0 Å². The molecular weight excluding hydrogens is 353 g/mol. The molecule has 0 spiro atoms. The van der Waals surface area contributed by atoms with E-state index in [1.807, 2.05) is 54.7 Å². The zero-order chi connectivity index (χ0) is 18.9. The van der Waals surface area contributed by atoms with Crippen LogP contribution in [0.25, 0.3) is 22.0 Å². The van der Waals surface area contributed by atoms with Crippen molar-refractivity contribution in [3.8, 4) is 16.9 Å². The summed E-state index contributed by atoms with van der Waals surface area (Å²) in [6, 6.07) is 21.4. The fourth-order valence-electron chi connectivity index (χ4n) is 3.05. The Balaban J connectivity index is 1.69. The van der Waals surface area contributed by atoms with Crippen LogP contribution < -0.4 is 10.1 Å². The van der Waals surface area contributed by atoms with Gasteiger partial charge in [0, 0.05) is 45.7 Å². The molecule has 0 fully saturated rings. The maximum absolute atomic E-state index is 12.5. The van der Waals surface area contributed by atoms with Crippen LogP contribution in [0.3, 0.4) is 0 Å². The Morgan fingerprint density at radius 1 is 0.815 bits per heavy atom. The van der Waals surface area contributed by atoms with Gasteiger partial charge in [0.25, 0.3) is 0 Å². The van der Waals surface area contributed by atoms with Crippen LogP contribution in [-0.2, 0) is 0 Å². The molecule has 1 heterocycles. The first-order valence-corrected chi connectivity index (χ1v) is 8.28. The van der Waals surface area contributed by atoms with E-state index in [4.69, 9.17) is 0 Å². The summed E-state index contributed by atoms with van der Waals surface area (Å²) in [7, 11) is 0. The largest absolute Gasteiger partial charge is 0.573 e. The summed E-state index contributed by atoms with van der Waals surface area (Å²) in [4.78, 5) is 3.24. The molecule has 0 aliphatic carbocycles. The van der Waals surface area contributed by atoms with Crippen molar-refractivity contribution in [3.63, 3.8) is 0 Å². The Kier molecular flexibility index (Phi) is 4.24. The molecule has 27 heavy (non-hydrogen) atoms. The first-order chi connectivity index (χ1) is 13.0. The highest BCUT2D eigenvalue weighted by molar-refractivity contribution is 5.99. The molecule has 0 saturated carbocycles. The summed E-state index contributed by atoms with van der Waals surface area (Å²) in [6.07, 6.45) is -2.80. The normalized spacial score (nSPS) is 11.5. The van der Waals surface area contributed by atoms with E-state index in [9.17, 15) is 13.2 Å². The second kappa shape index (κ2) is 6.72. The molecule has 0 bridgehead atoms. The number of aromatic amines is 1. The lowest BCUT2D eigenvalue weighted by Crippen LogP contribution is -2.17. The van der Waals surface area contributed by atoms with Gasteiger partial charge in [-0.05, 0) is 24.3 Å². The number of aromatic nitrogens is 1. The van der Waals surface area contributed by atoms with Gasteiger partial charge in [0.15, 0.2) is 0 Å². The molecule has 4 rings (SSSR count). The van der Waals surface area contributed by atoms with Gasteiger partial charge in [0.2, 0.25) is 0 Å². The van der Waals surface area contributed by atoms with Gasteiger partial charge in [0.05, 0.1) is 0 Å². The third-order valence-electron chi connectivity index (χ3n) is 4.15. The van der Waals surface area contributed by atoms with E-state index in [0.717, 1.165) is 27.7 Å². The Morgan fingerprint density at radius 2 is 1.59 bits per heavy atom. The standard InChI is InChI=1S/C21H15F3N2O/c22-21(23,24)27-15-7-5-6-14(12-15)26-20-11-4-2-9-17(20)18-13-25-19-10-3-1-8-16(18)19/h1-13,25-26H. The number of benzene rings is 3. The van der Waals surface area contributed by atoms with Gasteiger partial charge < -0.3 is 15.0 Å². The number of halogens is 3. The number of nitrogens with one attached hydrogen (secondary N) is 2. The van der Waals surface area contributed by atoms with Gasteiger partial charge in [-0.25, -0.2) is 0 Å². The Bertz CT molecular complexity index is 1090. The molecule has 0 atom stereocenters. The van der Waals surface area contributed by atoms with E-state index in [1.165, 1.54) is 18.2 Å². The number of ether oxygens (including phenoxy) is 1. The van der Waals surface area contributed by atoms with Crippen LogP contribution >= 0.6 is 0 Å². The molecule has 0 aliphatic rings. The van der Waals surface area contributed by atoms with Crippen LogP contribution in [0.2, 0.25) is 0 Å². The number of para-hydroxylation sites is 2. The lowest BCUT2D eigenvalue weighted by molar-refractivity contribution is -0.274. The van der Waals surface area contributed by atoms with Crippen molar-refractivity contribution in [3.05, 3.63) is 79.0 Å². The minimum atomic E-state index is -4.72. The quantitative estimate of drug-likeness (QED) is 0.433. The molecule has 0 saturated heterocycles. The van der Waals surface area contributed by atoms with Crippen LogP contribution in [0.5, 0.6) is 5.75 Å². The molecule has 0 radical (unpaired) electrons. The smallest absolute Gasteiger partial charge is 0.406 e. The summed E-state index contributed by atoms with van der Waals surface area (Å²) >= 11 is 0. The monoisotopic (exact) mass is 368 g/mol. The van der Waals surface area contributed by atoms with Crippen LogP contribution in [0, 0.1) is 0 Å². The third-order valence-corrected chi connectivity index (χ3v) is 4.15. The Morgan fingerprint density at radius 3 is 2.44 bits per heavy atom. The van der Waals surface area contributed by atoms with E-state index in [2.05, 4.69) is 15.0 Å². The van der Waals surface area contributed by atoms with Crippen LogP contribution in [0.1, 0.15) is 0 Å². The summed E-state index contributed by atoms with van der Waals surface area (Å²) < 4.78 is 41.4. The molecule has 3 aromatic carbocycles. The van der Waals surface area contributed by atoms with E-state index in [-0.39, 0.29) is 5.75 Å². The summed E-state index contributed by atoms with van der Waals surface area (Å²) in [6.45, 7) is 0. The van der Waals surface area contributed by atoms with Crippen molar-refractivity contribution in [1.82, 2.24) is 4.98 Å². The van der Waals surface area contributed by atoms with Gasteiger partial charge in [0.1, 0.15) is 5.75 Å². The minimum absolute atomic E-state index is 0.267. The zero-order valence-electron chi connectivity index (χ0n) is 14.0. The molecule has 4 aromatic rings. The number of hydrogen-bond acceptors (Lipinski definition) is 2. The summed E-state index contributed by atoms with van der Waals surface area (Å²) in [5.41, 5.74) is 4.26. The fraction of sp³-hybridized carbons (Fsp3) is 0.0476. The maximum atomic E-state index is 12.5. The van der Waals surface area contributed by atoms with Crippen molar-refractivity contribution in [1.29, 1.82) is 0 Å². The average molecular weight is 368 g/mol. The molecule has 3 nitrogen and oxygen atoms in total. The highest BCUT2D eigenvalue weighted by Gasteiger charge is 2.31. The SMILES string of the molecule is FC(F)(F)Oc1cccc(Nc2ccccc2-c2c[nH]c3ccccc23)c1. The molecule has 2 N–H and O–H groups in total. The fourth-order valence-corrected chi connectivity index (χ4v) is 3.05. The average Bonchev–Trinajstić information content (AvgIpc) is 3.05. The molecule has 0 aliphatic heterocycles. The van der Waals surface area contributed by atoms with Gasteiger partial charge in [-0.1, -0.05) is 42.5 Å². The number of alkyl halides is 3. The van der Waals surface area contributed by atoms with E-state index in [0.29, 0.717) is 5.69 Å².